The van der Waals surface area contributed by atoms with Crippen molar-refractivity contribution in [1.29, 1.82) is 0 Å². The average molecular weight is 365 g/mol. The maximum absolute atomic E-state index is 12.4. The number of hydrogen-bond donors (Lipinski definition) is 0. The minimum atomic E-state index is -0.374. The van der Waals surface area contributed by atoms with Crippen LogP contribution in [-0.2, 0) is 6.54 Å². The number of methoxy groups -OCH3 is 2. The van der Waals surface area contributed by atoms with Gasteiger partial charge in [-0.25, -0.2) is 0 Å². The third-order valence-electron chi connectivity index (χ3n) is 4.28. The highest BCUT2D eigenvalue weighted by atomic mass is 16.5. The van der Waals surface area contributed by atoms with E-state index in [9.17, 15) is 9.59 Å². The van der Waals surface area contributed by atoms with E-state index in [1.54, 1.807) is 49.6 Å². The van der Waals surface area contributed by atoms with Crippen molar-refractivity contribution in [2.45, 2.75) is 6.54 Å². The molecule has 0 atom stereocenters. The lowest BCUT2D eigenvalue weighted by Gasteiger charge is -2.10. The normalized spacial score (nSPS) is 13.0. The van der Waals surface area contributed by atoms with Crippen LogP contribution in [0.25, 0.3) is 11.4 Å². The molecule has 1 aliphatic heterocycles. The van der Waals surface area contributed by atoms with Gasteiger partial charge < -0.3 is 14.0 Å². The van der Waals surface area contributed by atoms with E-state index in [1.807, 2.05) is 0 Å². The molecule has 0 bridgehead atoms. The SMILES string of the molecule is COc1ccc(-c2noc(CN3C(=O)c4ccccc4C3=O)n2)cc1OC. The Hall–Kier alpha value is -3.68. The van der Waals surface area contributed by atoms with Gasteiger partial charge in [-0.15, -0.1) is 0 Å². The largest absolute Gasteiger partial charge is 0.493 e. The first-order valence-electron chi connectivity index (χ1n) is 8.12. The number of benzene rings is 2. The number of fused-ring (bicyclic) bond motifs is 1. The van der Waals surface area contributed by atoms with Gasteiger partial charge in [0, 0.05) is 5.56 Å². The highest BCUT2D eigenvalue weighted by Gasteiger charge is 2.36. The van der Waals surface area contributed by atoms with Crippen molar-refractivity contribution in [3.8, 4) is 22.9 Å². The molecule has 0 spiro atoms. The van der Waals surface area contributed by atoms with Crippen LogP contribution < -0.4 is 9.47 Å². The van der Waals surface area contributed by atoms with Crippen molar-refractivity contribution in [2.75, 3.05) is 14.2 Å². The van der Waals surface area contributed by atoms with Gasteiger partial charge in [0.1, 0.15) is 6.54 Å². The summed E-state index contributed by atoms with van der Waals surface area (Å²) in [5.74, 6) is 0.845. The van der Waals surface area contributed by atoms with Crippen LogP contribution in [0.2, 0.25) is 0 Å². The number of carbonyl (C=O) groups is 2. The first-order chi connectivity index (χ1) is 13.1. The Bertz CT molecular complexity index is 1010. The summed E-state index contributed by atoms with van der Waals surface area (Å²) in [4.78, 5) is 30.2. The van der Waals surface area contributed by atoms with Gasteiger partial charge in [0.2, 0.25) is 11.7 Å². The Balaban J connectivity index is 1.58. The van der Waals surface area contributed by atoms with E-state index >= 15 is 0 Å². The van der Waals surface area contributed by atoms with Crippen LogP contribution in [0.3, 0.4) is 0 Å². The zero-order valence-corrected chi connectivity index (χ0v) is 14.6. The second-order valence-corrected chi connectivity index (χ2v) is 5.82. The third-order valence-corrected chi connectivity index (χ3v) is 4.28. The van der Waals surface area contributed by atoms with Crippen molar-refractivity contribution in [2.24, 2.45) is 0 Å². The summed E-state index contributed by atoms with van der Waals surface area (Å²) in [6.07, 6.45) is 0. The van der Waals surface area contributed by atoms with Crippen LogP contribution in [-0.4, -0.2) is 41.1 Å². The maximum Gasteiger partial charge on any atom is 0.262 e. The zero-order chi connectivity index (χ0) is 19.0. The van der Waals surface area contributed by atoms with E-state index in [0.29, 0.717) is 34.0 Å². The van der Waals surface area contributed by atoms with Crippen LogP contribution in [0.15, 0.2) is 47.0 Å². The summed E-state index contributed by atoms with van der Waals surface area (Å²) >= 11 is 0. The molecule has 1 aliphatic rings. The van der Waals surface area contributed by atoms with Gasteiger partial charge in [-0.05, 0) is 30.3 Å². The number of hydrogen-bond acceptors (Lipinski definition) is 7. The van der Waals surface area contributed by atoms with E-state index in [0.717, 1.165) is 4.90 Å². The number of carbonyl (C=O) groups excluding carboxylic acids is 2. The maximum atomic E-state index is 12.4. The summed E-state index contributed by atoms with van der Waals surface area (Å²) in [6, 6.07) is 11.9. The number of aromatic nitrogens is 2. The fraction of sp³-hybridized carbons (Fsp3) is 0.158. The van der Waals surface area contributed by atoms with E-state index in [1.165, 1.54) is 7.11 Å². The lowest BCUT2D eigenvalue weighted by molar-refractivity contribution is 0.0625. The molecule has 0 unspecified atom stereocenters. The summed E-state index contributed by atoms with van der Waals surface area (Å²) < 4.78 is 15.7. The zero-order valence-electron chi connectivity index (χ0n) is 14.6. The fourth-order valence-corrected chi connectivity index (χ4v) is 2.93. The fourth-order valence-electron chi connectivity index (χ4n) is 2.93. The van der Waals surface area contributed by atoms with Crippen molar-refractivity contribution in [1.82, 2.24) is 15.0 Å². The molecule has 0 aliphatic carbocycles. The van der Waals surface area contributed by atoms with Gasteiger partial charge >= 0.3 is 0 Å². The van der Waals surface area contributed by atoms with Gasteiger partial charge in [0.15, 0.2) is 11.5 Å². The molecule has 0 radical (unpaired) electrons. The third kappa shape index (κ3) is 2.80. The monoisotopic (exact) mass is 365 g/mol. The molecule has 8 heteroatoms. The predicted octanol–water partition coefficient (Wildman–Crippen LogP) is 2.55. The lowest BCUT2D eigenvalue weighted by Crippen LogP contribution is -2.29. The number of amides is 2. The molecule has 136 valence electrons. The molecular weight excluding hydrogens is 350 g/mol. The van der Waals surface area contributed by atoms with E-state index < -0.39 is 0 Å². The molecule has 0 saturated carbocycles. The predicted molar refractivity (Wildman–Crippen MR) is 93.5 cm³/mol. The molecule has 8 nitrogen and oxygen atoms in total. The average Bonchev–Trinajstić information content (AvgIpc) is 3.27. The van der Waals surface area contributed by atoms with Crippen LogP contribution in [0.4, 0.5) is 0 Å². The van der Waals surface area contributed by atoms with Crippen molar-refractivity contribution >= 4 is 11.8 Å². The van der Waals surface area contributed by atoms with Gasteiger partial charge in [0.25, 0.3) is 11.8 Å². The Kier molecular flexibility index (Phi) is 4.08. The molecule has 2 aromatic carbocycles. The molecule has 0 saturated heterocycles. The molecule has 0 fully saturated rings. The number of ether oxygens (including phenoxy) is 2. The molecule has 2 amide bonds. The molecule has 3 aromatic rings. The van der Waals surface area contributed by atoms with Crippen molar-refractivity contribution < 1.29 is 23.6 Å². The molecule has 2 heterocycles. The van der Waals surface area contributed by atoms with Crippen LogP contribution in [0, 0.1) is 0 Å². The minimum Gasteiger partial charge on any atom is -0.493 e. The second-order valence-electron chi connectivity index (χ2n) is 5.82. The molecule has 1 aromatic heterocycles. The quantitative estimate of drug-likeness (QED) is 0.641. The number of imide groups is 1. The minimum absolute atomic E-state index is 0.0906. The number of rotatable bonds is 5. The molecular formula is C19H15N3O5. The van der Waals surface area contributed by atoms with Gasteiger partial charge in [-0.2, -0.15) is 4.98 Å². The molecule has 27 heavy (non-hydrogen) atoms. The molecule has 4 rings (SSSR count). The first kappa shape index (κ1) is 16.8. The lowest BCUT2D eigenvalue weighted by atomic mass is 10.1. The van der Waals surface area contributed by atoms with Crippen molar-refractivity contribution in [3.63, 3.8) is 0 Å². The Labute approximate surface area is 154 Å². The summed E-state index contributed by atoms with van der Waals surface area (Å²) in [5, 5.41) is 3.93. The highest BCUT2D eigenvalue weighted by Crippen LogP contribution is 2.31. The summed E-state index contributed by atoms with van der Waals surface area (Å²) in [5.41, 5.74) is 1.41. The van der Waals surface area contributed by atoms with E-state index in [-0.39, 0.29) is 24.2 Å². The van der Waals surface area contributed by atoms with Crippen LogP contribution >= 0.6 is 0 Å². The highest BCUT2D eigenvalue weighted by molar-refractivity contribution is 6.21. The van der Waals surface area contributed by atoms with E-state index in [4.69, 9.17) is 14.0 Å². The van der Waals surface area contributed by atoms with Gasteiger partial charge in [-0.1, -0.05) is 17.3 Å². The smallest absolute Gasteiger partial charge is 0.262 e. The van der Waals surface area contributed by atoms with Crippen LogP contribution in [0.1, 0.15) is 26.6 Å². The molecule has 0 N–H and O–H groups in total. The summed E-state index contributed by atoms with van der Waals surface area (Å²) in [7, 11) is 3.08. The Morgan fingerprint density at radius 2 is 1.63 bits per heavy atom. The Morgan fingerprint density at radius 3 is 2.26 bits per heavy atom. The summed E-state index contributed by atoms with van der Waals surface area (Å²) in [6.45, 7) is -0.0906. The first-order valence-corrected chi connectivity index (χ1v) is 8.12. The van der Waals surface area contributed by atoms with E-state index in [2.05, 4.69) is 10.1 Å². The van der Waals surface area contributed by atoms with Crippen molar-refractivity contribution in [3.05, 3.63) is 59.5 Å². The van der Waals surface area contributed by atoms with Gasteiger partial charge in [0.05, 0.1) is 25.3 Å². The van der Waals surface area contributed by atoms with Gasteiger partial charge in [-0.3, -0.25) is 14.5 Å². The second kappa shape index (κ2) is 6.56. The standard InChI is InChI=1S/C19H15N3O5/c1-25-14-8-7-11(9-15(14)26-2)17-20-16(27-21-17)10-22-18(23)12-5-3-4-6-13(12)19(22)24/h3-9H,10H2,1-2H3. The van der Waals surface area contributed by atoms with Crippen LogP contribution in [0.5, 0.6) is 11.5 Å². The Morgan fingerprint density at radius 1 is 0.963 bits per heavy atom. The number of nitrogens with zero attached hydrogens (tertiary/aromatic N) is 3. The topological polar surface area (TPSA) is 94.8 Å².